The van der Waals surface area contributed by atoms with Crippen molar-refractivity contribution in [2.24, 2.45) is 0 Å². The Morgan fingerprint density at radius 1 is 0.535 bits per heavy atom. The van der Waals surface area contributed by atoms with Gasteiger partial charge in [0.15, 0.2) is 17.5 Å². The maximum absolute atomic E-state index is 16.6. The third-order valence-corrected chi connectivity index (χ3v) is 21.5. The molecule has 3 aliphatic heterocycles. The number of allylic oxidation sites excluding steroid dienone is 2. The quantitative estimate of drug-likeness (QED) is 0.0678. The molecule has 1 aliphatic carbocycles. The van der Waals surface area contributed by atoms with Gasteiger partial charge in [-0.1, -0.05) is 128 Å². The van der Waals surface area contributed by atoms with Crippen molar-refractivity contribution in [3.8, 4) is 45.8 Å². The molecule has 0 radical (unpaired) electrons. The number of ether oxygens (including phenoxy) is 2. The molecule has 3 amide bonds. The SMILES string of the molecule is C=CC(=O)N1CCN(c2nc(OC(C)CN(C)C)nc3c(F)c(-c4cc(O)cc5ccccc45)c(Cl)cc23)CC1.C=CC(=O)N1CCN(c2nc(O[C@H](C)CN(C)C)nc3c(F)c(-c4cc(O)cc5ccccc45)c(Cl)cc23)CC1.CCCC(=O)N1CCN(c2ncnc3c(F)c([C@H]4C=C(O)Cc5ccccc54)c(Cl)cc23)CC1. The molecule has 592 valence electrons. The van der Waals surface area contributed by atoms with Crippen LogP contribution in [0, 0.1) is 17.5 Å². The summed E-state index contributed by atoms with van der Waals surface area (Å²) in [5, 5.41) is 36.2. The van der Waals surface area contributed by atoms with E-state index < -0.39 is 23.4 Å². The van der Waals surface area contributed by atoms with E-state index in [1.54, 1.807) is 46.2 Å². The Labute approximate surface area is 673 Å². The van der Waals surface area contributed by atoms with E-state index in [-0.39, 0.29) is 102 Å². The Balaban J connectivity index is 0.000000150. The van der Waals surface area contributed by atoms with E-state index in [1.807, 2.05) is 146 Å². The zero-order valence-electron chi connectivity index (χ0n) is 64.4. The van der Waals surface area contributed by atoms with Crippen LogP contribution in [-0.4, -0.2) is 219 Å². The fourth-order valence-electron chi connectivity index (χ4n) is 15.4. The van der Waals surface area contributed by atoms with Gasteiger partial charge in [0.25, 0.3) is 0 Å². The molecular weight excluding hydrogens is 1520 g/mol. The number of benzene rings is 8. The third-order valence-electron chi connectivity index (χ3n) is 20.6. The van der Waals surface area contributed by atoms with Gasteiger partial charge in [0, 0.05) is 148 Å². The molecule has 3 aromatic heterocycles. The smallest absolute Gasteiger partial charge is 0.319 e. The molecule has 22 nitrogen and oxygen atoms in total. The van der Waals surface area contributed by atoms with Crippen molar-refractivity contribution >= 4 is 124 Å². The number of phenols is 2. The molecular formula is C86H88Cl3F3N14O8. The number of halogens is 6. The molecule has 3 fully saturated rings. The summed E-state index contributed by atoms with van der Waals surface area (Å²) in [5.74, 6) is -0.606. The lowest BCUT2D eigenvalue weighted by atomic mass is 9.82. The predicted molar refractivity (Wildman–Crippen MR) is 444 cm³/mol. The highest BCUT2D eigenvalue weighted by molar-refractivity contribution is 6.36. The van der Waals surface area contributed by atoms with Crippen LogP contribution in [0.15, 0.2) is 159 Å². The van der Waals surface area contributed by atoms with E-state index in [9.17, 15) is 29.7 Å². The minimum absolute atomic E-state index is 0.00103. The normalized spacial score (nSPS) is 15.7. The number of carbonyl (C=O) groups is 3. The number of aromatic nitrogens is 6. The summed E-state index contributed by atoms with van der Waals surface area (Å²) >= 11 is 20.2. The lowest BCUT2D eigenvalue weighted by molar-refractivity contribution is -0.131. The first-order valence-corrected chi connectivity index (χ1v) is 38.8. The number of fused-ring (bicyclic) bond motifs is 6. The van der Waals surface area contributed by atoms with Gasteiger partial charge in [0.2, 0.25) is 17.7 Å². The van der Waals surface area contributed by atoms with Gasteiger partial charge in [-0.05, 0) is 153 Å². The summed E-state index contributed by atoms with van der Waals surface area (Å²) in [6.07, 6.45) is 6.91. The molecule has 6 heterocycles. The Bertz CT molecular complexity index is 5320. The van der Waals surface area contributed by atoms with Crippen LogP contribution in [0.1, 0.15) is 56.2 Å². The van der Waals surface area contributed by atoms with Gasteiger partial charge >= 0.3 is 12.0 Å². The number of rotatable bonds is 18. The number of aliphatic hydroxyl groups is 1. The molecule has 15 rings (SSSR count). The summed E-state index contributed by atoms with van der Waals surface area (Å²) < 4.78 is 61.2. The van der Waals surface area contributed by atoms with Crippen LogP contribution in [0.3, 0.4) is 0 Å². The summed E-state index contributed by atoms with van der Waals surface area (Å²) in [6, 6.07) is 33.9. The fourth-order valence-corrected chi connectivity index (χ4v) is 16.3. The van der Waals surface area contributed by atoms with Crippen LogP contribution < -0.4 is 24.2 Å². The van der Waals surface area contributed by atoms with Gasteiger partial charge in [-0.25, -0.2) is 23.1 Å². The number of carbonyl (C=O) groups excluding carboxylic acids is 3. The van der Waals surface area contributed by atoms with Crippen molar-refractivity contribution in [3.63, 3.8) is 0 Å². The van der Waals surface area contributed by atoms with Crippen molar-refractivity contribution in [2.45, 2.75) is 58.2 Å². The molecule has 3 atom stereocenters. The maximum atomic E-state index is 16.6. The van der Waals surface area contributed by atoms with Crippen molar-refractivity contribution < 1.29 is 52.3 Å². The largest absolute Gasteiger partial charge is 0.512 e. The zero-order valence-corrected chi connectivity index (χ0v) is 66.6. The summed E-state index contributed by atoms with van der Waals surface area (Å²) in [4.78, 5) is 78.9. The lowest BCUT2D eigenvalue weighted by Gasteiger charge is -2.36. The van der Waals surface area contributed by atoms with Crippen molar-refractivity contribution in [2.75, 3.05) is 135 Å². The molecule has 3 saturated heterocycles. The van der Waals surface area contributed by atoms with Crippen molar-refractivity contribution in [1.29, 1.82) is 0 Å². The second kappa shape index (κ2) is 35.1. The number of aromatic hydroxyl groups is 2. The average Bonchev–Trinajstić information content (AvgIpc) is 0.752. The van der Waals surface area contributed by atoms with E-state index in [0.717, 1.165) is 39.1 Å². The van der Waals surface area contributed by atoms with Crippen molar-refractivity contribution in [1.82, 2.24) is 54.4 Å². The maximum Gasteiger partial charge on any atom is 0.319 e. The standard InChI is InChI=1S/2C30H31ClFN5O3.C26H26ClFN4O2/c2*1-5-25(39)36-10-12-37(13-11-36)29-23-16-24(31)26(22-15-20(38)14-19-8-6-7-9-21(19)22)27(32)28(23)33-30(34-29)40-18(2)17-35(3)4;1-2-5-22(34)31-8-10-32(11-9-31)26-20-14-21(27)23(24(28)25(20)29-15-30-26)19-13-17(33)12-16-6-3-4-7-18(16)19/h2*5-9,14-16,18,38H,1,10-13,17H2,2-4H3;3-4,6-7,13-15,19,33H,2,5,8-12H2,1H3/t18-;;19-/m1.0/s1. The van der Waals surface area contributed by atoms with Gasteiger partial charge < -0.3 is 64.0 Å². The minimum Gasteiger partial charge on any atom is -0.512 e. The van der Waals surface area contributed by atoms with Crippen LogP contribution in [-0.2, 0) is 20.8 Å². The summed E-state index contributed by atoms with van der Waals surface area (Å²) in [7, 11) is 7.74. The number of piperazine rings is 3. The first-order valence-electron chi connectivity index (χ1n) is 37.7. The first kappa shape index (κ1) is 80.9. The molecule has 114 heavy (non-hydrogen) atoms. The summed E-state index contributed by atoms with van der Waals surface area (Å²) in [6.45, 7) is 20.4. The van der Waals surface area contributed by atoms with E-state index in [2.05, 4.69) is 38.0 Å². The lowest BCUT2D eigenvalue weighted by Crippen LogP contribution is -2.49. The zero-order chi connectivity index (χ0) is 80.9. The number of aliphatic hydroxyl groups excluding tert-OH is 1. The van der Waals surface area contributed by atoms with Crippen LogP contribution in [0.5, 0.6) is 23.5 Å². The van der Waals surface area contributed by atoms with Gasteiger partial charge in [-0.15, -0.1) is 0 Å². The van der Waals surface area contributed by atoms with Gasteiger partial charge in [0.05, 0.1) is 15.8 Å². The van der Waals surface area contributed by atoms with Crippen LogP contribution in [0.4, 0.5) is 30.6 Å². The second-order valence-corrected chi connectivity index (χ2v) is 30.4. The fraction of sp³-hybridized carbons (Fsp3) is 0.314. The molecule has 8 aromatic carbocycles. The number of hydrogen-bond donors (Lipinski definition) is 3. The molecule has 3 N–H and O–H groups in total. The number of likely N-dealkylation sites (N-methyl/N-ethyl adjacent to an activating group) is 2. The highest BCUT2D eigenvalue weighted by Crippen LogP contribution is 2.47. The Kier molecular flexibility index (Phi) is 24.9. The molecule has 4 aliphatic rings. The van der Waals surface area contributed by atoms with Crippen LogP contribution >= 0.6 is 34.8 Å². The van der Waals surface area contributed by atoms with E-state index in [4.69, 9.17) is 54.2 Å². The van der Waals surface area contributed by atoms with Crippen LogP contribution in [0.2, 0.25) is 15.1 Å². The Hall–Kier alpha value is -11.1. The monoisotopic (exact) mass is 1610 g/mol. The molecule has 28 heteroatoms. The first-order chi connectivity index (χ1) is 54.8. The Morgan fingerprint density at radius 2 is 0.965 bits per heavy atom. The predicted octanol–water partition coefficient (Wildman–Crippen LogP) is 15.2. The van der Waals surface area contributed by atoms with Gasteiger partial charge in [-0.3, -0.25) is 14.4 Å². The molecule has 11 aromatic rings. The molecule has 1 unspecified atom stereocenters. The van der Waals surface area contributed by atoms with E-state index in [1.165, 1.54) is 30.6 Å². The van der Waals surface area contributed by atoms with Gasteiger partial charge in [0.1, 0.15) is 64.0 Å². The van der Waals surface area contributed by atoms with E-state index >= 15 is 13.2 Å². The molecule has 0 bridgehead atoms. The van der Waals surface area contributed by atoms with Crippen molar-refractivity contribution in [3.05, 3.63) is 208 Å². The average molecular weight is 1610 g/mol. The Morgan fingerprint density at radius 3 is 1.43 bits per heavy atom. The highest BCUT2D eigenvalue weighted by Gasteiger charge is 2.33. The third kappa shape index (κ3) is 17.4. The topological polar surface area (TPSA) is 234 Å². The number of amides is 3. The number of phenolic OH excluding ortho intramolecular Hbond substituents is 2. The van der Waals surface area contributed by atoms with Gasteiger partial charge in [-0.2, -0.15) is 19.9 Å². The number of hydrogen-bond acceptors (Lipinski definition) is 19. The number of anilines is 3. The van der Waals surface area contributed by atoms with Crippen LogP contribution in [0.25, 0.3) is 76.5 Å². The molecule has 0 saturated carbocycles. The molecule has 0 spiro atoms. The van der Waals surface area contributed by atoms with E-state index in [0.29, 0.717) is 155 Å². The second-order valence-electron chi connectivity index (χ2n) is 29.2. The number of nitrogens with zero attached hydrogens (tertiary/aromatic N) is 14. The minimum atomic E-state index is -0.632. The summed E-state index contributed by atoms with van der Waals surface area (Å²) in [5.41, 5.74) is 3.68. The highest BCUT2D eigenvalue weighted by atomic mass is 35.5.